The van der Waals surface area contributed by atoms with Crippen LogP contribution in [-0.4, -0.2) is 39.5 Å². The van der Waals surface area contributed by atoms with E-state index in [1.54, 1.807) is 14.2 Å². The first-order valence-electron chi connectivity index (χ1n) is 8.90. The number of hydrogen-bond acceptors (Lipinski definition) is 5. The number of anilines is 1. The van der Waals surface area contributed by atoms with Gasteiger partial charge in [-0.3, -0.25) is 4.79 Å². The van der Waals surface area contributed by atoms with E-state index in [2.05, 4.69) is 11.4 Å². The van der Waals surface area contributed by atoms with Crippen LogP contribution in [0.5, 0.6) is 11.5 Å². The number of rotatable bonds is 9. The highest BCUT2D eigenvalue weighted by molar-refractivity contribution is 7.99. The molecule has 0 aliphatic rings. The van der Waals surface area contributed by atoms with Crippen LogP contribution in [0.4, 0.5) is 5.69 Å². The Kier molecular flexibility index (Phi) is 8.18. The molecule has 6 nitrogen and oxygen atoms in total. The minimum absolute atomic E-state index is 0.0689. The molecule has 7 heteroatoms. The van der Waals surface area contributed by atoms with E-state index in [9.17, 15) is 4.79 Å². The molecule has 0 spiro atoms. The van der Waals surface area contributed by atoms with E-state index in [0.29, 0.717) is 30.3 Å². The van der Waals surface area contributed by atoms with Gasteiger partial charge in [0.15, 0.2) is 18.0 Å². The molecule has 2 N–H and O–H groups in total. The molecule has 2 aromatic rings. The average Bonchev–Trinajstić information content (AvgIpc) is 2.68. The number of nitriles is 1. The maximum atomic E-state index is 12.5. The Morgan fingerprint density at radius 2 is 1.89 bits per heavy atom. The Labute approximate surface area is 170 Å². The molecule has 148 valence electrons. The molecule has 1 unspecified atom stereocenters. The number of carbonyl (C=O) groups is 1. The molecule has 0 saturated carbocycles. The normalized spacial score (nSPS) is 11.4. The predicted molar refractivity (Wildman–Crippen MR) is 111 cm³/mol. The van der Waals surface area contributed by atoms with Crippen molar-refractivity contribution in [3.63, 3.8) is 0 Å². The van der Waals surface area contributed by atoms with Gasteiger partial charge in [-0.25, -0.2) is 0 Å². The minimum atomic E-state index is -0.0689. The van der Waals surface area contributed by atoms with Gasteiger partial charge in [-0.05, 0) is 36.8 Å². The predicted octanol–water partition coefficient (Wildman–Crippen LogP) is 2.28. The van der Waals surface area contributed by atoms with E-state index < -0.39 is 0 Å². The number of nitrogens with one attached hydrogen (secondary N) is 2. The first-order valence-corrected chi connectivity index (χ1v) is 9.88. The summed E-state index contributed by atoms with van der Waals surface area (Å²) in [5, 5.41) is 11.7. The van der Waals surface area contributed by atoms with E-state index >= 15 is 0 Å². The highest BCUT2D eigenvalue weighted by atomic mass is 32.2. The number of para-hydroxylation sites is 1. The SMILES string of the molecule is COc1cc(C)c(C[NH+](C)CC(=O)Nc2ccccc2SCC#N)cc1OC. The molecule has 28 heavy (non-hydrogen) atoms. The lowest BCUT2D eigenvalue weighted by molar-refractivity contribution is -0.885. The Bertz CT molecular complexity index is 864. The number of hydrogen-bond donors (Lipinski definition) is 2. The van der Waals surface area contributed by atoms with Gasteiger partial charge >= 0.3 is 0 Å². The number of likely N-dealkylation sites (N-methyl/N-ethyl adjacent to an activating group) is 1. The summed E-state index contributed by atoms with van der Waals surface area (Å²) in [5.74, 6) is 1.66. The fourth-order valence-electron chi connectivity index (χ4n) is 2.88. The van der Waals surface area contributed by atoms with Gasteiger partial charge in [-0.1, -0.05) is 12.1 Å². The third-order valence-electron chi connectivity index (χ3n) is 4.25. The minimum Gasteiger partial charge on any atom is -0.493 e. The molecule has 0 bridgehead atoms. The van der Waals surface area contributed by atoms with Gasteiger partial charge in [0.1, 0.15) is 6.54 Å². The molecule has 0 aromatic heterocycles. The van der Waals surface area contributed by atoms with Crippen LogP contribution in [0.1, 0.15) is 11.1 Å². The lowest BCUT2D eigenvalue weighted by atomic mass is 10.1. The Balaban J connectivity index is 2.01. The van der Waals surface area contributed by atoms with E-state index in [4.69, 9.17) is 14.7 Å². The van der Waals surface area contributed by atoms with Crippen molar-refractivity contribution in [2.45, 2.75) is 18.4 Å². The van der Waals surface area contributed by atoms with Gasteiger partial charge in [0.2, 0.25) is 0 Å². The number of methoxy groups -OCH3 is 2. The summed E-state index contributed by atoms with van der Waals surface area (Å²) >= 11 is 1.41. The zero-order valence-corrected chi connectivity index (χ0v) is 17.5. The summed E-state index contributed by atoms with van der Waals surface area (Å²) in [6, 6.07) is 13.5. The van der Waals surface area contributed by atoms with Crippen molar-refractivity contribution < 1.29 is 19.2 Å². The van der Waals surface area contributed by atoms with Gasteiger partial charge in [0.05, 0.1) is 38.8 Å². The van der Waals surface area contributed by atoms with Gasteiger partial charge in [-0.15, -0.1) is 11.8 Å². The molecule has 2 aromatic carbocycles. The highest BCUT2D eigenvalue weighted by Crippen LogP contribution is 2.30. The quantitative estimate of drug-likeness (QED) is 0.632. The van der Waals surface area contributed by atoms with Crippen molar-refractivity contribution in [1.82, 2.24) is 0 Å². The standard InChI is InChI=1S/C21H25N3O3S/c1-15-11-18(26-3)19(27-4)12-16(15)13-24(2)14-21(25)23-17-7-5-6-8-20(17)28-10-9-22/h5-8,11-12H,10,13-14H2,1-4H3,(H,23,25)/p+1. The number of thioether (sulfide) groups is 1. The second-order valence-corrected chi connectivity index (χ2v) is 7.45. The van der Waals surface area contributed by atoms with Gasteiger partial charge in [0, 0.05) is 10.5 Å². The van der Waals surface area contributed by atoms with E-state index in [0.717, 1.165) is 26.6 Å². The van der Waals surface area contributed by atoms with Crippen LogP contribution in [0, 0.1) is 18.3 Å². The lowest BCUT2D eigenvalue weighted by Crippen LogP contribution is -3.08. The zero-order valence-electron chi connectivity index (χ0n) is 16.7. The smallest absolute Gasteiger partial charge is 0.279 e. The summed E-state index contributed by atoms with van der Waals surface area (Å²) in [5.41, 5.74) is 2.94. The Morgan fingerprint density at radius 3 is 2.57 bits per heavy atom. The third-order valence-corrected chi connectivity index (χ3v) is 5.19. The monoisotopic (exact) mass is 400 g/mol. The van der Waals surface area contributed by atoms with E-state index in [1.165, 1.54) is 11.8 Å². The van der Waals surface area contributed by atoms with Crippen molar-refractivity contribution in [3.8, 4) is 17.6 Å². The molecule has 0 radical (unpaired) electrons. The molecular formula is C21H26N3O3S+. The summed E-state index contributed by atoms with van der Waals surface area (Å²) < 4.78 is 10.7. The molecular weight excluding hydrogens is 374 g/mol. The van der Waals surface area contributed by atoms with Crippen LogP contribution >= 0.6 is 11.8 Å². The molecule has 0 fully saturated rings. The topological polar surface area (TPSA) is 75.8 Å². The van der Waals surface area contributed by atoms with Crippen LogP contribution in [0.2, 0.25) is 0 Å². The van der Waals surface area contributed by atoms with Crippen LogP contribution in [0.3, 0.4) is 0 Å². The van der Waals surface area contributed by atoms with Crippen molar-refractivity contribution in [2.75, 3.05) is 38.9 Å². The summed E-state index contributed by atoms with van der Waals surface area (Å²) in [7, 11) is 5.21. The van der Waals surface area contributed by atoms with Gasteiger partial charge in [-0.2, -0.15) is 5.26 Å². The first kappa shape index (κ1) is 21.6. The number of nitrogens with zero attached hydrogens (tertiary/aromatic N) is 1. The fourth-order valence-corrected chi connectivity index (χ4v) is 3.54. The number of aryl methyl sites for hydroxylation is 1. The number of benzene rings is 2. The number of ether oxygens (including phenoxy) is 2. The van der Waals surface area contributed by atoms with Crippen molar-refractivity contribution in [2.24, 2.45) is 0 Å². The Hall–Kier alpha value is -2.69. The Morgan fingerprint density at radius 1 is 1.21 bits per heavy atom. The van der Waals surface area contributed by atoms with Crippen molar-refractivity contribution in [1.29, 1.82) is 5.26 Å². The van der Waals surface area contributed by atoms with Crippen LogP contribution in [0.15, 0.2) is 41.3 Å². The molecule has 0 aliphatic carbocycles. The van der Waals surface area contributed by atoms with Gasteiger partial charge < -0.3 is 19.7 Å². The zero-order chi connectivity index (χ0) is 20.5. The van der Waals surface area contributed by atoms with Crippen molar-refractivity contribution >= 4 is 23.4 Å². The third kappa shape index (κ3) is 5.91. The molecule has 1 amide bonds. The molecule has 2 rings (SSSR count). The number of quaternary nitrogens is 1. The summed E-state index contributed by atoms with van der Waals surface area (Å²) in [4.78, 5) is 14.4. The molecule has 1 atom stereocenters. The van der Waals surface area contributed by atoms with E-state index in [-0.39, 0.29) is 5.91 Å². The maximum Gasteiger partial charge on any atom is 0.279 e. The largest absolute Gasteiger partial charge is 0.493 e. The van der Waals surface area contributed by atoms with Gasteiger partial charge in [0.25, 0.3) is 5.91 Å². The first-order chi connectivity index (χ1) is 13.5. The fraction of sp³-hybridized carbons (Fsp3) is 0.333. The molecule has 0 saturated heterocycles. The lowest BCUT2D eigenvalue weighted by Gasteiger charge is -2.17. The van der Waals surface area contributed by atoms with Crippen molar-refractivity contribution in [3.05, 3.63) is 47.5 Å². The van der Waals surface area contributed by atoms with Crippen LogP contribution in [-0.2, 0) is 11.3 Å². The van der Waals surface area contributed by atoms with Crippen LogP contribution in [0.25, 0.3) is 0 Å². The second kappa shape index (κ2) is 10.6. The maximum absolute atomic E-state index is 12.5. The highest BCUT2D eigenvalue weighted by Gasteiger charge is 2.16. The average molecular weight is 401 g/mol. The second-order valence-electron chi connectivity index (χ2n) is 6.44. The number of carbonyl (C=O) groups excluding carboxylic acids is 1. The summed E-state index contributed by atoms with van der Waals surface area (Å²) in [6.07, 6.45) is 0. The molecule has 0 aliphatic heterocycles. The molecule has 0 heterocycles. The number of amides is 1. The van der Waals surface area contributed by atoms with E-state index in [1.807, 2.05) is 50.4 Å². The van der Waals surface area contributed by atoms with Crippen LogP contribution < -0.4 is 19.7 Å². The summed E-state index contributed by atoms with van der Waals surface area (Å²) in [6.45, 7) is 3.03.